The second kappa shape index (κ2) is 14.1. The van der Waals surface area contributed by atoms with Crippen molar-refractivity contribution in [2.75, 3.05) is 20.2 Å². The maximum atomic E-state index is 12.5. The van der Waals surface area contributed by atoms with Crippen molar-refractivity contribution in [3.63, 3.8) is 0 Å². The molecule has 0 bridgehead atoms. The van der Waals surface area contributed by atoms with Gasteiger partial charge in [-0.2, -0.15) is 5.10 Å². The third-order valence-corrected chi connectivity index (χ3v) is 8.71. The second-order valence-corrected chi connectivity index (χ2v) is 12.2. The van der Waals surface area contributed by atoms with Crippen LogP contribution in [0.25, 0.3) is 39.3 Å². The maximum Gasteiger partial charge on any atom is 0.271 e. The fourth-order valence-electron chi connectivity index (χ4n) is 5.50. The predicted molar refractivity (Wildman–Crippen MR) is 183 cm³/mol. The molecule has 2 amide bonds. The third-order valence-electron chi connectivity index (χ3n) is 7.90. The largest absolute Gasteiger partial charge is 0.481 e. The van der Waals surface area contributed by atoms with E-state index in [0.29, 0.717) is 64.6 Å². The fourth-order valence-corrected chi connectivity index (χ4v) is 6.15. The van der Waals surface area contributed by atoms with Gasteiger partial charge in [0.05, 0.1) is 34.7 Å². The van der Waals surface area contributed by atoms with Gasteiger partial charge >= 0.3 is 0 Å². The predicted octanol–water partition coefficient (Wildman–Crippen LogP) is 4.89. The van der Waals surface area contributed by atoms with Gasteiger partial charge in [-0.25, -0.2) is 14.5 Å². The summed E-state index contributed by atoms with van der Waals surface area (Å²) in [5.41, 5.74) is 11.5. The monoisotopic (exact) mass is 672 g/mol. The van der Waals surface area contributed by atoms with Crippen molar-refractivity contribution in [3.8, 4) is 39.5 Å². The lowest BCUT2D eigenvalue weighted by molar-refractivity contribution is -0.119. The highest BCUT2D eigenvalue weighted by molar-refractivity contribution is 6.39. The first-order chi connectivity index (χ1) is 22.7. The molecule has 1 aliphatic heterocycles. The lowest BCUT2D eigenvalue weighted by Gasteiger charge is -2.15. The third kappa shape index (κ3) is 7.08. The zero-order chi connectivity index (χ0) is 33.1. The molecule has 0 saturated carbocycles. The fraction of sp³-hybridized carbons (Fsp3) is 0.265. The average molecular weight is 674 g/mol. The van der Waals surface area contributed by atoms with Crippen LogP contribution in [0.1, 0.15) is 35.8 Å². The van der Waals surface area contributed by atoms with Gasteiger partial charge in [0.15, 0.2) is 5.65 Å². The van der Waals surface area contributed by atoms with Gasteiger partial charge in [-0.3, -0.25) is 9.59 Å². The number of rotatable bonds is 11. The summed E-state index contributed by atoms with van der Waals surface area (Å²) in [6.45, 7) is 3.36. The number of nitrogens with one attached hydrogen (secondary N) is 3. The smallest absolute Gasteiger partial charge is 0.271 e. The van der Waals surface area contributed by atoms with Crippen LogP contribution in [0, 0.1) is 0 Å². The van der Waals surface area contributed by atoms with Crippen LogP contribution in [-0.4, -0.2) is 63.7 Å². The van der Waals surface area contributed by atoms with Crippen LogP contribution in [0.15, 0.2) is 66.9 Å². The van der Waals surface area contributed by atoms with E-state index in [1.54, 1.807) is 23.9 Å². The van der Waals surface area contributed by atoms with E-state index in [9.17, 15) is 9.59 Å². The summed E-state index contributed by atoms with van der Waals surface area (Å²) in [5.74, 6) is 0.260. The minimum absolute atomic E-state index is 0.0926. The van der Waals surface area contributed by atoms with Crippen LogP contribution in [0.5, 0.6) is 5.88 Å². The molecule has 5 aromatic rings. The molecule has 2 atom stereocenters. The van der Waals surface area contributed by atoms with E-state index < -0.39 is 0 Å². The zero-order valence-corrected chi connectivity index (χ0v) is 27.4. The van der Waals surface area contributed by atoms with Crippen LogP contribution in [0.2, 0.25) is 10.0 Å². The lowest BCUT2D eigenvalue weighted by Crippen LogP contribution is -2.35. The van der Waals surface area contributed by atoms with Crippen molar-refractivity contribution in [3.05, 3.63) is 88.2 Å². The molecule has 5 N–H and O–H groups in total. The molecule has 1 saturated heterocycles. The summed E-state index contributed by atoms with van der Waals surface area (Å²) < 4.78 is 7.18. The van der Waals surface area contributed by atoms with Gasteiger partial charge in [0.1, 0.15) is 5.69 Å². The number of hydrogen-bond donors (Lipinski definition) is 4. The highest BCUT2D eigenvalue weighted by Gasteiger charge is 2.21. The second-order valence-electron chi connectivity index (χ2n) is 11.5. The van der Waals surface area contributed by atoms with Gasteiger partial charge in [-0.15, -0.1) is 0 Å². The number of nitrogens with zero attached hydrogens (tertiary/aromatic N) is 4. The molecule has 1 fully saturated rings. The molecule has 13 heteroatoms. The molecular formula is C34H34Cl2N8O3. The number of pyridine rings is 1. The Labute approximate surface area is 281 Å². The van der Waals surface area contributed by atoms with E-state index in [1.807, 2.05) is 61.5 Å². The van der Waals surface area contributed by atoms with Gasteiger partial charge in [-0.1, -0.05) is 65.7 Å². The Morgan fingerprint density at radius 2 is 1.70 bits per heavy atom. The topological polar surface area (TPSA) is 149 Å². The van der Waals surface area contributed by atoms with Crippen molar-refractivity contribution in [2.45, 2.75) is 38.4 Å². The number of hydrogen-bond acceptors (Lipinski definition) is 8. The van der Waals surface area contributed by atoms with E-state index in [-0.39, 0.29) is 29.6 Å². The molecule has 0 aliphatic carbocycles. The van der Waals surface area contributed by atoms with Crippen LogP contribution >= 0.6 is 23.2 Å². The van der Waals surface area contributed by atoms with E-state index in [4.69, 9.17) is 38.7 Å². The Kier molecular flexibility index (Phi) is 9.69. The van der Waals surface area contributed by atoms with E-state index in [2.05, 4.69) is 26.0 Å². The number of aromatic nitrogens is 4. The number of carbonyl (C=O) groups is 2. The van der Waals surface area contributed by atoms with E-state index in [1.165, 1.54) is 0 Å². The maximum absolute atomic E-state index is 12.5. The molecule has 11 nitrogen and oxygen atoms in total. The Bertz CT molecular complexity index is 1960. The molecule has 1 unspecified atom stereocenters. The number of amides is 2. The molecule has 1 aliphatic rings. The van der Waals surface area contributed by atoms with Gasteiger partial charge in [0.2, 0.25) is 11.8 Å². The Morgan fingerprint density at radius 1 is 1.02 bits per heavy atom. The minimum atomic E-state index is -0.321. The number of nitrogens with two attached hydrogens (primary N) is 1. The molecule has 0 radical (unpaired) electrons. The average Bonchev–Trinajstić information content (AvgIpc) is 3.69. The van der Waals surface area contributed by atoms with Crippen molar-refractivity contribution < 1.29 is 14.3 Å². The first-order valence-corrected chi connectivity index (χ1v) is 16.0. The van der Waals surface area contributed by atoms with Crippen LogP contribution in [0.3, 0.4) is 0 Å². The number of benzene rings is 2. The van der Waals surface area contributed by atoms with Gasteiger partial charge in [-0.05, 0) is 31.5 Å². The summed E-state index contributed by atoms with van der Waals surface area (Å²) in [4.78, 5) is 33.1. The summed E-state index contributed by atoms with van der Waals surface area (Å²) in [6, 6.07) is 18.8. The van der Waals surface area contributed by atoms with Gasteiger partial charge in [0.25, 0.3) is 5.91 Å². The van der Waals surface area contributed by atoms with Crippen LogP contribution in [-0.2, 0) is 11.3 Å². The first kappa shape index (κ1) is 32.4. The number of halogens is 2. The van der Waals surface area contributed by atoms with E-state index >= 15 is 0 Å². The molecule has 2 aromatic carbocycles. The Balaban J connectivity index is 1.25. The molecule has 0 spiro atoms. The number of ether oxygens (including phenoxy) is 1. The van der Waals surface area contributed by atoms with Gasteiger partial charge < -0.3 is 26.4 Å². The number of carbonyl (C=O) groups excluding carboxylic acids is 2. The first-order valence-electron chi connectivity index (χ1n) is 15.2. The summed E-state index contributed by atoms with van der Waals surface area (Å²) >= 11 is 14.1. The molecule has 47 heavy (non-hydrogen) atoms. The number of fused-ring (bicyclic) bond motifs is 1. The normalized spacial score (nSPS) is 15.1. The van der Waals surface area contributed by atoms with Crippen molar-refractivity contribution in [1.82, 2.24) is 35.5 Å². The molecule has 4 heterocycles. The highest BCUT2D eigenvalue weighted by atomic mass is 35.5. The van der Waals surface area contributed by atoms with Crippen molar-refractivity contribution in [2.24, 2.45) is 5.73 Å². The minimum Gasteiger partial charge on any atom is -0.481 e. The van der Waals surface area contributed by atoms with Gasteiger partial charge in [0, 0.05) is 66.0 Å². The quantitative estimate of drug-likeness (QED) is 0.155. The highest BCUT2D eigenvalue weighted by Crippen LogP contribution is 2.42. The molecule has 6 rings (SSSR count). The number of methoxy groups -OCH3 is 1. The standard InChI is InChI=1S/C34H34Cl2N8O3/c1-19(37)15-39-33(46)28-18-44-29(41-28)13-12-27(43-44)25-8-4-6-23(32(25)36)22-5-3-7-24(31(22)35)26-11-9-20(34(42-26)47-2)16-38-17-21-10-14-30(45)40-21/h3-9,11-13,18-19,21,38H,10,14-17,37H2,1-2H3,(H,39,46)(H,40,45)/t19?,21-/m0/s1. The summed E-state index contributed by atoms with van der Waals surface area (Å²) in [5, 5.41) is 14.8. The molecule has 242 valence electrons. The lowest BCUT2D eigenvalue weighted by atomic mass is 9.98. The van der Waals surface area contributed by atoms with Crippen molar-refractivity contribution >= 4 is 40.7 Å². The van der Waals surface area contributed by atoms with Crippen LogP contribution < -0.4 is 26.4 Å². The molecule has 3 aromatic heterocycles. The summed E-state index contributed by atoms with van der Waals surface area (Å²) in [7, 11) is 1.59. The van der Waals surface area contributed by atoms with E-state index in [0.717, 1.165) is 28.7 Å². The SMILES string of the molecule is COc1nc(-c2cccc(-c3cccc(-c4ccc5nc(C(=O)NCC(C)N)cn5n4)c3Cl)c2Cl)ccc1CNC[C@@H]1CCC(=O)N1. The Morgan fingerprint density at radius 3 is 2.36 bits per heavy atom. The molecular weight excluding hydrogens is 639 g/mol. The Hall–Kier alpha value is -4.55. The summed E-state index contributed by atoms with van der Waals surface area (Å²) in [6.07, 6.45) is 2.97. The van der Waals surface area contributed by atoms with Crippen LogP contribution in [0.4, 0.5) is 0 Å². The van der Waals surface area contributed by atoms with Crippen molar-refractivity contribution in [1.29, 1.82) is 0 Å². The number of imidazole rings is 1. The zero-order valence-electron chi connectivity index (χ0n) is 25.9.